The fourth-order valence-corrected chi connectivity index (χ4v) is 3.03. The Hall–Kier alpha value is -2.38. The van der Waals surface area contributed by atoms with Crippen molar-refractivity contribution in [3.63, 3.8) is 0 Å². The number of para-hydroxylation sites is 1. The van der Waals surface area contributed by atoms with Crippen LogP contribution in [0.3, 0.4) is 0 Å². The van der Waals surface area contributed by atoms with Gasteiger partial charge in [-0.2, -0.15) is 35.7 Å². The summed E-state index contributed by atoms with van der Waals surface area (Å²) in [5, 5.41) is 3.50. The van der Waals surface area contributed by atoms with Gasteiger partial charge < -0.3 is 4.74 Å². The maximum absolute atomic E-state index is 13.2. The molecule has 6 nitrogen and oxygen atoms in total. The Balaban J connectivity index is 2.26. The molecule has 0 saturated carbocycles. The highest BCUT2D eigenvalue weighted by molar-refractivity contribution is 7.91. The number of sulfone groups is 1. The van der Waals surface area contributed by atoms with Gasteiger partial charge in [-0.1, -0.05) is 19.1 Å². The Bertz CT molecular complexity index is 942. The van der Waals surface area contributed by atoms with Crippen molar-refractivity contribution in [3.8, 4) is 11.7 Å². The molecule has 0 aliphatic heterocycles. The molecule has 1 aromatic heterocycles. The lowest BCUT2D eigenvalue weighted by atomic mass is 10.2. The highest BCUT2D eigenvalue weighted by atomic mass is 32.2. The van der Waals surface area contributed by atoms with Gasteiger partial charge in [-0.3, -0.25) is 0 Å². The first-order valence-electron chi connectivity index (χ1n) is 7.42. The summed E-state index contributed by atoms with van der Waals surface area (Å²) in [5.74, 6) is -12.2. The minimum absolute atomic E-state index is 0.0425. The summed E-state index contributed by atoms with van der Waals surface area (Å²) >= 11 is 0. The summed E-state index contributed by atoms with van der Waals surface area (Å²) in [4.78, 5) is 3.19. The molecule has 0 atom stereocenters. The zero-order chi connectivity index (χ0) is 21.4. The first kappa shape index (κ1) is 21.9. The molecule has 2 rings (SSSR count). The van der Waals surface area contributed by atoms with Crippen LogP contribution >= 0.6 is 0 Å². The lowest BCUT2D eigenvalue weighted by molar-refractivity contribution is -0.358. The standard InChI is InChI=1S/C14H12F7N3O3S/c1-2-28(25,26)10-6-4-3-5-9(10)24-8-22-11(23-24)27-7-12(15,16)13(17,18)14(19,20)21/h3-6,8H,2,7H2,1H3. The van der Waals surface area contributed by atoms with E-state index in [1.165, 1.54) is 31.2 Å². The number of benzene rings is 1. The Morgan fingerprint density at radius 1 is 1.07 bits per heavy atom. The Morgan fingerprint density at radius 3 is 2.25 bits per heavy atom. The number of hydrogen-bond donors (Lipinski definition) is 0. The summed E-state index contributed by atoms with van der Waals surface area (Å²) in [6, 6.07) is 4.45. The Labute approximate surface area is 153 Å². The fourth-order valence-electron chi connectivity index (χ4n) is 1.95. The molecule has 0 N–H and O–H groups in total. The van der Waals surface area contributed by atoms with E-state index in [-0.39, 0.29) is 16.3 Å². The molecule has 0 unspecified atom stereocenters. The topological polar surface area (TPSA) is 74.1 Å². The molecule has 28 heavy (non-hydrogen) atoms. The quantitative estimate of drug-likeness (QED) is 0.625. The number of rotatable bonds is 7. The van der Waals surface area contributed by atoms with Crippen molar-refractivity contribution in [2.75, 3.05) is 12.4 Å². The summed E-state index contributed by atoms with van der Waals surface area (Å²) < 4.78 is 118. The average molecular weight is 435 g/mol. The molecule has 0 spiro atoms. The van der Waals surface area contributed by atoms with Crippen LogP contribution in [-0.4, -0.2) is 53.6 Å². The molecule has 1 aromatic carbocycles. The maximum atomic E-state index is 13.2. The Kier molecular flexibility index (Phi) is 5.65. The van der Waals surface area contributed by atoms with Crippen LogP contribution < -0.4 is 4.74 Å². The lowest BCUT2D eigenvalue weighted by Gasteiger charge is -2.27. The van der Waals surface area contributed by atoms with Crippen molar-refractivity contribution in [2.24, 2.45) is 0 Å². The van der Waals surface area contributed by atoms with Gasteiger partial charge >= 0.3 is 24.0 Å². The van der Waals surface area contributed by atoms with E-state index in [9.17, 15) is 39.2 Å². The van der Waals surface area contributed by atoms with E-state index in [0.717, 1.165) is 11.0 Å². The van der Waals surface area contributed by atoms with Gasteiger partial charge in [0.2, 0.25) is 0 Å². The second-order valence-corrected chi connectivity index (χ2v) is 7.65. The number of aromatic nitrogens is 3. The molecular formula is C14H12F7N3O3S. The zero-order valence-electron chi connectivity index (χ0n) is 13.9. The molecule has 0 aliphatic carbocycles. The van der Waals surface area contributed by atoms with Crippen LogP contribution in [0.2, 0.25) is 0 Å². The van der Waals surface area contributed by atoms with Gasteiger partial charge in [0, 0.05) is 0 Å². The molecule has 14 heteroatoms. The van der Waals surface area contributed by atoms with Gasteiger partial charge in [0.1, 0.15) is 6.33 Å². The maximum Gasteiger partial charge on any atom is 0.460 e. The number of nitrogens with zero attached hydrogens (tertiary/aromatic N) is 3. The van der Waals surface area contributed by atoms with Crippen molar-refractivity contribution >= 4 is 9.84 Å². The van der Waals surface area contributed by atoms with Crippen LogP contribution in [-0.2, 0) is 9.84 Å². The van der Waals surface area contributed by atoms with Crippen molar-refractivity contribution < 1.29 is 43.9 Å². The minimum atomic E-state index is -6.49. The van der Waals surface area contributed by atoms with Crippen LogP contribution in [0.4, 0.5) is 30.7 Å². The molecule has 0 fully saturated rings. The highest BCUT2D eigenvalue weighted by Crippen LogP contribution is 2.46. The predicted octanol–water partition coefficient (Wildman–Crippen LogP) is 3.27. The molecule has 0 saturated heterocycles. The molecular weight excluding hydrogens is 423 g/mol. The van der Waals surface area contributed by atoms with Crippen LogP contribution in [0.25, 0.3) is 5.69 Å². The second kappa shape index (κ2) is 7.22. The van der Waals surface area contributed by atoms with Gasteiger partial charge in [-0.25, -0.2) is 13.1 Å². The molecule has 2 aromatic rings. The first-order chi connectivity index (χ1) is 12.7. The summed E-state index contributed by atoms with van der Waals surface area (Å²) in [6.07, 6.45) is -5.65. The van der Waals surface area contributed by atoms with Gasteiger partial charge in [0.15, 0.2) is 16.4 Å². The third-order valence-electron chi connectivity index (χ3n) is 3.50. The molecule has 1 heterocycles. The number of alkyl halides is 7. The molecule has 0 amide bonds. The van der Waals surface area contributed by atoms with E-state index in [4.69, 9.17) is 0 Å². The van der Waals surface area contributed by atoms with E-state index in [2.05, 4.69) is 14.8 Å². The monoisotopic (exact) mass is 435 g/mol. The Morgan fingerprint density at radius 2 is 1.68 bits per heavy atom. The van der Waals surface area contributed by atoms with Crippen LogP contribution in [0.1, 0.15) is 6.92 Å². The number of hydrogen-bond acceptors (Lipinski definition) is 5. The lowest BCUT2D eigenvalue weighted by Crippen LogP contribution is -2.54. The first-order valence-corrected chi connectivity index (χ1v) is 9.07. The van der Waals surface area contributed by atoms with E-state index >= 15 is 0 Å². The second-order valence-electron chi connectivity index (χ2n) is 5.41. The van der Waals surface area contributed by atoms with Crippen molar-refractivity contribution in [2.45, 2.75) is 29.8 Å². The van der Waals surface area contributed by atoms with E-state index in [1.807, 2.05) is 0 Å². The summed E-state index contributed by atoms with van der Waals surface area (Å²) in [7, 11) is -3.71. The van der Waals surface area contributed by atoms with Crippen LogP contribution in [0.15, 0.2) is 35.5 Å². The van der Waals surface area contributed by atoms with Crippen LogP contribution in [0.5, 0.6) is 6.01 Å². The van der Waals surface area contributed by atoms with Gasteiger partial charge in [-0.05, 0) is 12.1 Å². The minimum Gasteiger partial charge on any atom is -0.456 e. The molecule has 0 bridgehead atoms. The zero-order valence-corrected chi connectivity index (χ0v) is 14.7. The van der Waals surface area contributed by atoms with E-state index in [1.54, 1.807) is 0 Å². The van der Waals surface area contributed by atoms with Gasteiger partial charge in [-0.15, -0.1) is 5.10 Å². The molecule has 156 valence electrons. The smallest absolute Gasteiger partial charge is 0.456 e. The fraction of sp³-hybridized carbons (Fsp3) is 0.429. The highest BCUT2D eigenvalue weighted by Gasteiger charge is 2.73. The van der Waals surface area contributed by atoms with E-state index < -0.39 is 40.5 Å². The SMILES string of the molecule is CCS(=O)(=O)c1ccccc1-n1cnc(OCC(F)(F)C(F)(F)C(F)(F)F)n1. The van der Waals surface area contributed by atoms with Crippen molar-refractivity contribution in [3.05, 3.63) is 30.6 Å². The van der Waals surface area contributed by atoms with E-state index in [0.29, 0.717) is 0 Å². The number of ether oxygens (including phenoxy) is 1. The van der Waals surface area contributed by atoms with Crippen molar-refractivity contribution in [1.29, 1.82) is 0 Å². The third kappa shape index (κ3) is 4.05. The molecule has 0 aliphatic rings. The summed E-state index contributed by atoms with van der Waals surface area (Å²) in [6.45, 7) is -0.969. The third-order valence-corrected chi connectivity index (χ3v) is 5.27. The number of halogens is 7. The summed E-state index contributed by atoms with van der Waals surface area (Å²) in [5.41, 5.74) is -0.0425. The molecule has 0 radical (unpaired) electrons. The van der Waals surface area contributed by atoms with Gasteiger partial charge in [0.05, 0.1) is 16.3 Å². The van der Waals surface area contributed by atoms with Crippen molar-refractivity contribution in [1.82, 2.24) is 14.8 Å². The largest absolute Gasteiger partial charge is 0.460 e. The predicted molar refractivity (Wildman–Crippen MR) is 80.5 cm³/mol. The van der Waals surface area contributed by atoms with Gasteiger partial charge in [0.25, 0.3) is 0 Å². The normalized spacial score (nSPS) is 13.6. The van der Waals surface area contributed by atoms with Crippen LogP contribution in [0, 0.1) is 0 Å². The average Bonchev–Trinajstić information content (AvgIpc) is 3.08.